The molecule has 0 spiro atoms. The Bertz CT molecular complexity index is 433. The molecule has 1 aliphatic rings. The Hall–Kier alpha value is -0.450. The molecule has 2 rings (SSSR count). The summed E-state index contributed by atoms with van der Waals surface area (Å²) in [4.78, 5) is 8.77. The number of aromatic nitrogens is 1. The molecule has 120 valence electrons. The van der Waals surface area contributed by atoms with Crippen molar-refractivity contribution < 1.29 is 0 Å². The summed E-state index contributed by atoms with van der Waals surface area (Å²) in [5.74, 6) is 1.43. The van der Waals surface area contributed by atoms with E-state index in [1.165, 1.54) is 22.0 Å². The van der Waals surface area contributed by atoms with Gasteiger partial charge in [-0.25, -0.2) is 4.98 Å². The summed E-state index contributed by atoms with van der Waals surface area (Å²) in [6.07, 6.45) is 1.27. The van der Waals surface area contributed by atoms with E-state index in [1.54, 1.807) is 0 Å². The van der Waals surface area contributed by atoms with Crippen LogP contribution in [0.2, 0.25) is 0 Å². The molecule has 0 aliphatic carbocycles. The molecule has 0 aromatic carbocycles. The molecule has 1 saturated heterocycles. The predicted octanol–water partition coefficient (Wildman–Crippen LogP) is 3.60. The van der Waals surface area contributed by atoms with Gasteiger partial charge in [-0.1, -0.05) is 27.7 Å². The maximum absolute atomic E-state index is 4.74. The van der Waals surface area contributed by atoms with Gasteiger partial charge in [0, 0.05) is 30.1 Å². The zero-order chi connectivity index (χ0) is 15.6. The lowest BCUT2D eigenvalue weighted by molar-refractivity contribution is 0.0923. The van der Waals surface area contributed by atoms with Gasteiger partial charge in [0.2, 0.25) is 0 Å². The number of rotatable bonds is 5. The van der Waals surface area contributed by atoms with Crippen LogP contribution in [0.15, 0.2) is 0 Å². The van der Waals surface area contributed by atoms with Gasteiger partial charge in [0.15, 0.2) is 0 Å². The summed E-state index contributed by atoms with van der Waals surface area (Å²) < 4.78 is 0. The second kappa shape index (κ2) is 7.21. The van der Waals surface area contributed by atoms with E-state index in [-0.39, 0.29) is 0 Å². The molecule has 4 heteroatoms. The van der Waals surface area contributed by atoms with E-state index in [1.807, 2.05) is 11.3 Å². The van der Waals surface area contributed by atoms with Gasteiger partial charge in [-0.15, -0.1) is 11.3 Å². The van der Waals surface area contributed by atoms with Gasteiger partial charge in [-0.2, -0.15) is 0 Å². The van der Waals surface area contributed by atoms with Gasteiger partial charge >= 0.3 is 0 Å². The first kappa shape index (κ1) is 16.9. The third-order valence-corrected chi connectivity index (χ3v) is 5.58. The molecule has 21 heavy (non-hydrogen) atoms. The molecule has 0 amide bonds. The Labute approximate surface area is 134 Å². The third kappa shape index (κ3) is 4.51. The summed E-state index contributed by atoms with van der Waals surface area (Å²) in [5, 5.41) is 5.03. The van der Waals surface area contributed by atoms with E-state index in [9.17, 15) is 0 Å². The SMILES string of the molecule is Cc1nc(CN2CC(C(C)C)NCC2CC(C)C)sc1C. The molecule has 3 nitrogen and oxygen atoms in total. The second-order valence-electron chi connectivity index (χ2n) is 7.22. The van der Waals surface area contributed by atoms with Gasteiger partial charge in [0.1, 0.15) is 5.01 Å². The predicted molar refractivity (Wildman–Crippen MR) is 91.9 cm³/mol. The second-order valence-corrected chi connectivity index (χ2v) is 8.51. The van der Waals surface area contributed by atoms with Crippen molar-refractivity contribution in [1.29, 1.82) is 0 Å². The topological polar surface area (TPSA) is 28.2 Å². The number of hydrogen-bond donors (Lipinski definition) is 1. The van der Waals surface area contributed by atoms with Crippen molar-refractivity contribution in [3.05, 3.63) is 15.6 Å². The lowest BCUT2D eigenvalue weighted by Gasteiger charge is -2.42. The van der Waals surface area contributed by atoms with Crippen LogP contribution in [0.3, 0.4) is 0 Å². The Balaban J connectivity index is 2.08. The fourth-order valence-corrected chi connectivity index (χ4v) is 4.04. The van der Waals surface area contributed by atoms with E-state index >= 15 is 0 Å². The van der Waals surface area contributed by atoms with Crippen molar-refractivity contribution >= 4 is 11.3 Å². The molecule has 1 N–H and O–H groups in total. The zero-order valence-electron chi connectivity index (χ0n) is 14.4. The van der Waals surface area contributed by atoms with Crippen LogP contribution >= 0.6 is 11.3 Å². The Morgan fingerprint density at radius 1 is 1.29 bits per heavy atom. The van der Waals surface area contributed by atoms with E-state index in [4.69, 9.17) is 4.98 Å². The fourth-order valence-electron chi connectivity index (χ4n) is 3.08. The molecule has 0 saturated carbocycles. The Morgan fingerprint density at radius 2 is 2.00 bits per heavy atom. The Kier molecular flexibility index (Phi) is 5.81. The smallest absolute Gasteiger partial charge is 0.107 e. The number of nitrogens with zero attached hydrogens (tertiary/aromatic N) is 2. The van der Waals surface area contributed by atoms with Crippen LogP contribution < -0.4 is 5.32 Å². The monoisotopic (exact) mass is 309 g/mol. The molecule has 2 unspecified atom stereocenters. The van der Waals surface area contributed by atoms with Gasteiger partial charge in [0.25, 0.3) is 0 Å². The Morgan fingerprint density at radius 3 is 2.52 bits per heavy atom. The number of piperazine rings is 1. The lowest BCUT2D eigenvalue weighted by atomic mass is 9.95. The van der Waals surface area contributed by atoms with Crippen molar-refractivity contribution in [2.75, 3.05) is 13.1 Å². The lowest BCUT2D eigenvalue weighted by Crippen LogP contribution is -2.57. The van der Waals surface area contributed by atoms with Gasteiger partial charge < -0.3 is 5.32 Å². The molecule has 2 atom stereocenters. The summed E-state index contributed by atoms with van der Waals surface area (Å²) in [6.45, 7) is 16.9. The minimum Gasteiger partial charge on any atom is -0.311 e. The van der Waals surface area contributed by atoms with Crippen molar-refractivity contribution in [3.63, 3.8) is 0 Å². The minimum absolute atomic E-state index is 0.607. The van der Waals surface area contributed by atoms with Crippen LogP contribution in [0.4, 0.5) is 0 Å². The number of aryl methyl sites for hydroxylation is 2. The highest BCUT2D eigenvalue weighted by Crippen LogP contribution is 2.23. The molecular formula is C17H31N3S. The van der Waals surface area contributed by atoms with Gasteiger partial charge in [-0.05, 0) is 32.1 Å². The highest BCUT2D eigenvalue weighted by molar-refractivity contribution is 7.11. The molecule has 1 fully saturated rings. The van der Waals surface area contributed by atoms with Crippen LogP contribution in [0.1, 0.15) is 49.7 Å². The first-order chi connectivity index (χ1) is 9.86. The standard InChI is InChI=1S/C17H31N3S/c1-11(2)7-15-8-18-16(12(3)4)9-20(15)10-17-19-13(5)14(6)21-17/h11-12,15-16,18H,7-10H2,1-6H3. The van der Waals surface area contributed by atoms with Crippen LogP contribution in [-0.2, 0) is 6.54 Å². The molecular weight excluding hydrogens is 278 g/mol. The normalized spacial score (nSPS) is 24.2. The molecule has 1 aliphatic heterocycles. The maximum Gasteiger partial charge on any atom is 0.107 e. The van der Waals surface area contributed by atoms with E-state index in [2.05, 4.69) is 51.8 Å². The highest BCUT2D eigenvalue weighted by atomic mass is 32.1. The van der Waals surface area contributed by atoms with Crippen molar-refractivity contribution in [2.24, 2.45) is 11.8 Å². The van der Waals surface area contributed by atoms with E-state index in [0.717, 1.165) is 25.6 Å². The van der Waals surface area contributed by atoms with E-state index < -0.39 is 0 Å². The average Bonchev–Trinajstić information content (AvgIpc) is 2.69. The molecule has 0 bridgehead atoms. The van der Waals surface area contributed by atoms with E-state index in [0.29, 0.717) is 18.0 Å². The molecule has 2 heterocycles. The van der Waals surface area contributed by atoms with Crippen LogP contribution in [0, 0.1) is 25.7 Å². The van der Waals surface area contributed by atoms with Crippen LogP contribution in [-0.4, -0.2) is 35.1 Å². The largest absolute Gasteiger partial charge is 0.311 e. The minimum atomic E-state index is 0.607. The van der Waals surface area contributed by atoms with Crippen molar-refractivity contribution in [2.45, 2.75) is 66.6 Å². The summed E-state index contributed by atoms with van der Waals surface area (Å²) >= 11 is 1.87. The zero-order valence-corrected chi connectivity index (χ0v) is 15.3. The van der Waals surface area contributed by atoms with Gasteiger partial charge in [0.05, 0.1) is 12.2 Å². The number of hydrogen-bond acceptors (Lipinski definition) is 4. The highest BCUT2D eigenvalue weighted by Gasteiger charge is 2.30. The van der Waals surface area contributed by atoms with Crippen LogP contribution in [0.5, 0.6) is 0 Å². The first-order valence-electron chi connectivity index (χ1n) is 8.27. The number of nitrogens with one attached hydrogen (secondary N) is 1. The number of thiazole rings is 1. The maximum atomic E-state index is 4.74. The average molecular weight is 310 g/mol. The van der Waals surface area contributed by atoms with Crippen molar-refractivity contribution in [1.82, 2.24) is 15.2 Å². The summed E-state index contributed by atoms with van der Waals surface area (Å²) in [6, 6.07) is 1.25. The van der Waals surface area contributed by atoms with Crippen LogP contribution in [0.25, 0.3) is 0 Å². The molecule has 1 aromatic rings. The third-order valence-electron chi connectivity index (χ3n) is 4.52. The fraction of sp³-hybridized carbons (Fsp3) is 0.824. The summed E-state index contributed by atoms with van der Waals surface area (Å²) in [7, 11) is 0. The first-order valence-corrected chi connectivity index (χ1v) is 9.08. The molecule has 0 radical (unpaired) electrons. The molecule has 1 aromatic heterocycles. The quantitative estimate of drug-likeness (QED) is 0.900. The van der Waals surface area contributed by atoms with Gasteiger partial charge in [-0.3, -0.25) is 4.90 Å². The summed E-state index contributed by atoms with van der Waals surface area (Å²) in [5.41, 5.74) is 1.20. The van der Waals surface area contributed by atoms with Crippen molar-refractivity contribution in [3.8, 4) is 0 Å².